The van der Waals surface area contributed by atoms with Crippen LogP contribution >= 0.6 is 0 Å². The fraction of sp³-hybridized carbons (Fsp3) is 0.381. The van der Waals surface area contributed by atoms with Gasteiger partial charge in [-0.1, -0.05) is 24.3 Å². The first kappa shape index (κ1) is 19.9. The molecule has 0 heterocycles. The first-order chi connectivity index (χ1) is 12.2. The Balaban J connectivity index is 2.64. The van der Waals surface area contributed by atoms with Crippen molar-refractivity contribution in [3.05, 3.63) is 53.3 Å². The Labute approximate surface area is 153 Å². The third kappa shape index (κ3) is 4.41. The molecule has 1 atom stereocenters. The van der Waals surface area contributed by atoms with Crippen molar-refractivity contribution >= 4 is 5.97 Å². The third-order valence-corrected chi connectivity index (χ3v) is 3.94. The van der Waals surface area contributed by atoms with Crippen LogP contribution in [-0.2, 0) is 14.3 Å². The summed E-state index contributed by atoms with van der Waals surface area (Å²) in [6, 6.07) is 10.3. The summed E-state index contributed by atoms with van der Waals surface area (Å²) >= 11 is 0. The number of hydrogen-bond donors (Lipinski definition) is 0. The Morgan fingerprint density at radius 1 is 1.12 bits per heavy atom. The van der Waals surface area contributed by atoms with Crippen LogP contribution in [0.2, 0.25) is 0 Å². The number of rotatable bonds is 5. The molecule has 26 heavy (non-hydrogen) atoms. The van der Waals surface area contributed by atoms with E-state index in [1.54, 1.807) is 12.1 Å². The van der Waals surface area contributed by atoms with Crippen molar-refractivity contribution < 1.29 is 23.4 Å². The van der Waals surface area contributed by atoms with E-state index >= 15 is 0 Å². The van der Waals surface area contributed by atoms with Crippen molar-refractivity contribution in [2.45, 2.75) is 39.4 Å². The van der Waals surface area contributed by atoms with Gasteiger partial charge in [0, 0.05) is 5.56 Å². The van der Waals surface area contributed by atoms with E-state index in [2.05, 4.69) is 0 Å². The van der Waals surface area contributed by atoms with Gasteiger partial charge < -0.3 is 14.2 Å². The molecule has 0 spiro atoms. The topological polar surface area (TPSA) is 44.8 Å². The molecule has 0 fully saturated rings. The van der Waals surface area contributed by atoms with Gasteiger partial charge in [0.1, 0.15) is 0 Å². The summed E-state index contributed by atoms with van der Waals surface area (Å²) in [4.78, 5) is 12.5. The van der Waals surface area contributed by atoms with Gasteiger partial charge in [-0.25, -0.2) is 9.18 Å². The predicted octanol–water partition coefficient (Wildman–Crippen LogP) is 4.84. The van der Waals surface area contributed by atoms with Crippen LogP contribution in [0.25, 0.3) is 11.1 Å². The summed E-state index contributed by atoms with van der Waals surface area (Å²) in [5.74, 6) is -0.799. The van der Waals surface area contributed by atoms with Crippen LogP contribution in [0.4, 0.5) is 4.39 Å². The van der Waals surface area contributed by atoms with Gasteiger partial charge in [0.15, 0.2) is 17.7 Å². The summed E-state index contributed by atoms with van der Waals surface area (Å²) in [5.41, 5.74) is 2.31. The average Bonchev–Trinajstić information content (AvgIpc) is 2.58. The highest BCUT2D eigenvalue weighted by molar-refractivity contribution is 5.82. The summed E-state index contributed by atoms with van der Waals surface area (Å²) in [7, 11) is 2.74. The summed E-state index contributed by atoms with van der Waals surface area (Å²) in [6.45, 7) is 7.50. The number of esters is 1. The van der Waals surface area contributed by atoms with E-state index in [1.165, 1.54) is 20.3 Å². The molecule has 0 saturated heterocycles. The Kier molecular flexibility index (Phi) is 6.03. The maximum Gasteiger partial charge on any atom is 0.339 e. The van der Waals surface area contributed by atoms with Crippen molar-refractivity contribution in [2.24, 2.45) is 0 Å². The van der Waals surface area contributed by atoms with E-state index in [0.717, 1.165) is 5.56 Å². The molecule has 2 rings (SSSR count). The maximum absolute atomic E-state index is 14.2. The number of halogens is 1. The van der Waals surface area contributed by atoms with Crippen molar-refractivity contribution in [3.8, 4) is 16.9 Å². The minimum atomic E-state index is -0.915. The fourth-order valence-corrected chi connectivity index (χ4v) is 2.80. The Bertz CT molecular complexity index is 793. The second-order valence-electron chi connectivity index (χ2n) is 7.02. The van der Waals surface area contributed by atoms with Crippen molar-refractivity contribution in [2.75, 3.05) is 14.2 Å². The second kappa shape index (κ2) is 7.87. The Morgan fingerprint density at radius 2 is 1.81 bits per heavy atom. The molecule has 5 heteroatoms. The van der Waals surface area contributed by atoms with E-state index < -0.39 is 23.5 Å². The monoisotopic (exact) mass is 360 g/mol. The zero-order valence-corrected chi connectivity index (χ0v) is 16.1. The van der Waals surface area contributed by atoms with E-state index in [1.807, 2.05) is 45.9 Å². The molecule has 4 nitrogen and oxygen atoms in total. The van der Waals surface area contributed by atoms with Crippen LogP contribution in [0, 0.1) is 12.7 Å². The normalized spacial score (nSPS) is 12.6. The zero-order chi connectivity index (χ0) is 19.5. The van der Waals surface area contributed by atoms with Crippen LogP contribution in [0.3, 0.4) is 0 Å². The lowest BCUT2D eigenvalue weighted by molar-refractivity contribution is -0.164. The number of ether oxygens (including phenoxy) is 3. The number of hydrogen-bond acceptors (Lipinski definition) is 4. The van der Waals surface area contributed by atoms with Gasteiger partial charge in [0.25, 0.3) is 0 Å². The van der Waals surface area contributed by atoms with Crippen LogP contribution in [0.1, 0.15) is 38.0 Å². The molecule has 0 aliphatic rings. The van der Waals surface area contributed by atoms with E-state index in [9.17, 15) is 9.18 Å². The van der Waals surface area contributed by atoms with E-state index in [-0.39, 0.29) is 5.75 Å². The lowest BCUT2D eigenvalue weighted by atomic mass is 9.91. The quantitative estimate of drug-likeness (QED) is 0.716. The van der Waals surface area contributed by atoms with Gasteiger partial charge in [-0.3, -0.25) is 0 Å². The molecule has 0 aliphatic heterocycles. The summed E-state index contributed by atoms with van der Waals surface area (Å²) in [5, 5.41) is 0. The molecule has 2 aromatic carbocycles. The molecule has 140 valence electrons. The van der Waals surface area contributed by atoms with Crippen LogP contribution < -0.4 is 4.74 Å². The average molecular weight is 360 g/mol. The second-order valence-corrected chi connectivity index (χ2v) is 7.02. The SMILES string of the molecule is COC(=O)C(OC(C)(C)C)c1c(C)cccc1-c1ccc(OC)c(F)c1. The van der Waals surface area contributed by atoms with Gasteiger partial charge in [0.05, 0.1) is 19.8 Å². The van der Waals surface area contributed by atoms with Crippen LogP contribution in [0.5, 0.6) is 5.75 Å². The molecule has 0 radical (unpaired) electrons. The molecule has 1 unspecified atom stereocenters. The van der Waals surface area contributed by atoms with E-state index in [4.69, 9.17) is 14.2 Å². The van der Waals surface area contributed by atoms with Gasteiger partial charge >= 0.3 is 5.97 Å². The largest absolute Gasteiger partial charge is 0.494 e. The lowest BCUT2D eigenvalue weighted by Gasteiger charge is -2.28. The van der Waals surface area contributed by atoms with Gasteiger partial charge in [-0.2, -0.15) is 0 Å². The Hall–Kier alpha value is -2.40. The van der Waals surface area contributed by atoms with Gasteiger partial charge in [-0.15, -0.1) is 0 Å². The summed E-state index contributed by atoms with van der Waals surface area (Å²) in [6.07, 6.45) is -0.915. The highest BCUT2D eigenvalue weighted by Crippen LogP contribution is 2.36. The first-order valence-electron chi connectivity index (χ1n) is 8.37. The lowest BCUT2D eigenvalue weighted by Crippen LogP contribution is -2.29. The fourth-order valence-electron chi connectivity index (χ4n) is 2.80. The first-order valence-corrected chi connectivity index (χ1v) is 8.37. The minimum absolute atomic E-state index is 0.165. The number of benzene rings is 2. The molecule has 2 aromatic rings. The standard InChI is InChI=1S/C21H25FO4/c1-13-8-7-9-15(14-10-11-17(24-5)16(22)12-14)18(13)19(20(23)25-6)26-21(2,3)4/h7-12,19H,1-6H3. The van der Waals surface area contributed by atoms with Crippen LogP contribution in [0.15, 0.2) is 36.4 Å². The number of carbonyl (C=O) groups is 1. The highest BCUT2D eigenvalue weighted by Gasteiger charge is 2.31. The zero-order valence-electron chi connectivity index (χ0n) is 16.1. The molecular formula is C21H25FO4. The molecular weight excluding hydrogens is 335 g/mol. The highest BCUT2D eigenvalue weighted by atomic mass is 19.1. The smallest absolute Gasteiger partial charge is 0.339 e. The molecule has 0 aromatic heterocycles. The molecule has 0 amide bonds. The molecule has 0 aliphatic carbocycles. The predicted molar refractivity (Wildman–Crippen MR) is 98.7 cm³/mol. The summed E-state index contributed by atoms with van der Waals surface area (Å²) < 4.78 is 30.2. The molecule has 0 N–H and O–H groups in total. The number of methoxy groups -OCH3 is 2. The minimum Gasteiger partial charge on any atom is -0.494 e. The number of aryl methyl sites for hydroxylation is 1. The number of carbonyl (C=O) groups excluding carboxylic acids is 1. The van der Waals surface area contributed by atoms with E-state index in [0.29, 0.717) is 16.7 Å². The third-order valence-electron chi connectivity index (χ3n) is 3.94. The van der Waals surface area contributed by atoms with Crippen molar-refractivity contribution in [1.82, 2.24) is 0 Å². The maximum atomic E-state index is 14.2. The van der Waals surface area contributed by atoms with Crippen molar-refractivity contribution in [3.63, 3.8) is 0 Å². The van der Waals surface area contributed by atoms with Gasteiger partial charge in [0.2, 0.25) is 0 Å². The Morgan fingerprint density at radius 3 is 2.35 bits per heavy atom. The van der Waals surface area contributed by atoms with Crippen LogP contribution in [-0.4, -0.2) is 25.8 Å². The molecule has 0 bridgehead atoms. The van der Waals surface area contributed by atoms with Gasteiger partial charge in [-0.05, 0) is 56.5 Å². The molecule has 0 saturated carbocycles. The van der Waals surface area contributed by atoms with Crippen molar-refractivity contribution in [1.29, 1.82) is 0 Å².